The highest BCUT2D eigenvalue weighted by molar-refractivity contribution is 7.99. The fourth-order valence-electron chi connectivity index (χ4n) is 0.966. The van der Waals surface area contributed by atoms with Crippen molar-refractivity contribution in [3.8, 4) is 0 Å². The van der Waals surface area contributed by atoms with Crippen LogP contribution in [-0.4, -0.2) is 24.1 Å². The van der Waals surface area contributed by atoms with E-state index in [0.717, 1.165) is 49.8 Å². The van der Waals surface area contributed by atoms with Crippen molar-refractivity contribution in [2.24, 2.45) is 0 Å². The van der Waals surface area contributed by atoms with Gasteiger partial charge >= 0.3 is 0 Å². The van der Waals surface area contributed by atoms with Gasteiger partial charge in [-0.25, -0.2) is 0 Å². The molecule has 0 aliphatic carbocycles. The first-order valence-electron chi connectivity index (χ1n) is 4.87. The minimum absolute atomic E-state index is 0.700. The Kier molecular flexibility index (Phi) is 11.4. The van der Waals surface area contributed by atoms with Crippen molar-refractivity contribution in [1.29, 1.82) is 0 Å². The third-order valence-corrected chi connectivity index (χ3v) is 2.88. The minimum Gasteiger partial charge on any atom is -0.303 e. The van der Waals surface area contributed by atoms with E-state index in [-0.39, 0.29) is 0 Å². The number of carbonyl (C=O) groups is 2. The first-order valence-corrected chi connectivity index (χ1v) is 6.02. The summed E-state index contributed by atoms with van der Waals surface area (Å²) in [6.45, 7) is 0. The third-order valence-electron chi connectivity index (χ3n) is 1.72. The van der Waals surface area contributed by atoms with Crippen LogP contribution in [0.25, 0.3) is 0 Å². The number of rotatable bonds is 10. The summed E-state index contributed by atoms with van der Waals surface area (Å²) in [5, 5.41) is 0. The molecule has 0 atom stereocenters. The molecule has 2 nitrogen and oxygen atoms in total. The average Bonchev–Trinajstić information content (AvgIpc) is 2.16. The van der Waals surface area contributed by atoms with Crippen LogP contribution in [-0.2, 0) is 9.59 Å². The van der Waals surface area contributed by atoms with Crippen molar-refractivity contribution < 1.29 is 9.59 Å². The van der Waals surface area contributed by atoms with E-state index in [1.165, 1.54) is 0 Å². The average molecular weight is 202 g/mol. The van der Waals surface area contributed by atoms with Gasteiger partial charge in [-0.05, 0) is 37.2 Å². The van der Waals surface area contributed by atoms with Crippen molar-refractivity contribution in [2.75, 3.05) is 11.5 Å². The summed E-state index contributed by atoms with van der Waals surface area (Å²) in [6.07, 6.45) is 7.67. The van der Waals surface area contributed by atoms with Crippen LogP contribution in [0.4, 0.5) is 0 Å². The first kappa shape index (κ1) is 12.7. The molecule has 0 aliphatic heterocycles. The molecule has 0 rings (SSSR count). The molecule has 13 heavy (non-hydrogen) atoms. The topological polar surface area (TPSA) is 34.1 Å². The molecule has 0 radical (unpaired) electrons. The third kappa shape index (κ3) is 11.7. The molecular weight excluding hydrogens is 184 g/mol. The van der Waals surface area contributed by atoms with Crippen molar-refractivity contribution in [3.05, 3.63) is 0 Å². The Morgan fingerprint density at radius 2 is 1.23 bits per heavy atom. The van der Waals surface area contributed by atoms with Crippen molar-refractivity contribution in [2.45, 2.75) is 38.5 Å². The summed E-state index contributed by atoms with van der Waals surface area (Å²) in [6, 6.07) is 0. The molecule has 0 amide bonds. The summed E-state index contributed by atoms with van der Waals surface area (Å²) in [5.41, 5.74) is 0. The highest BCUT2D eigenvalue weighted by Gasteiger charge is 1.91. The molecule has 0 saturated carbocycles. The van der Waals surface area contributed by atoms with E-state index >= 15 is 0 Å². The number of thioether (sulfide) groups is 1. The Bertz CT molecular complexity index is 112. The fraction of sp³-hybridized carbons (Fsp3) is 0.800. The maximum absolute atomic E-state index is 9.97. The lowest BCUT2D eigenvalue weighted by Gasteiger charge is -1.98. The maximum Gasteiger partial charge on any atom is 0.119 e. The van der Waals surface area contributed by atoms with Crippen molar-refractivity contribution >= 4 is 24.3 Å². The van der Waals surface area contributed by atoms with E-state index in [1.54, 1.807) is 0 Å². The molecule has 0 aliphatic rings. The zero-order valence-corrected chi connectivity index (χ0v) is 8.85. The van der Waals surface area contributed by atoms with Gasteiger partial charge in [0.15, 0.2) is 0 Å². The zero-order valence-electron chi connectivity index (χ0n) is 8.04. The molecule has 0 aromatic carbocycles. The van der Waals surface area contributed by atoms with E-state index in [2.05, 4.69) is 0 Å². The predicted molar refractivity (Wildman–Crippen MR) is 57.2 cm³/mol. The highest BCUT2D eigenvalue weighted by Crippen LogP contribution is 2.08. The number of aldehydes is 2. The van der Waals surface area contributed by atoms with Gasteiger partial charge in [0.2, 0.25) is 0 Å². The van der Waals surface area contributed by atoms with E-state index in [1.807, 2.05) is 11.8 Å². The van der Waals surface area contributed by atoms with Gasteiger partial charge in [-0.15, -0.1) is 0 Å². The zero-order chi connectivity index (χ0) is 9.78. The lowest BCUT2D eigenvalue weighted by atomic mass is 10.3. The van der Waals surface area contributed by atoms with Crippen LogP contribution in [0.2, 0.25) is 0 Å². The van der Waals surface area contributed by atoms with Gasteiger partial charge in [-0.1, -0.05) is 0 Å². The van der Waals surface area contributed by atoms with Gasteiger partial charge in [0.25, 0.3) is 0 Å². The highest BCUT2D eigenvalue weighted by atomic mass is 32.2. The van der Waals surface area contributed by atoms with Gasteiger partial charge in [0.05, 0.1) is 0 Å². The second kappa shape index (κ2) is 11.7. The summed E-state index contributed by atoms with van der Waals surface area (Å²) in [5.74, 6) is 2.30. The Morgan fingerprint density at radius 3 is 1.62 bits per heavy atom. The van der Waals surface area contributed by atoms with Crippen LogP contribution in [0.3, 0.4) is 0 Å². The molecule has 3 heteroatoms. The fourth-order valence-corrected chi connectivity index (χ4v) is 1.99. The van der Waals surface area contributed by atoms with Gasteiger partial charge in [-0.2, -0.15) is 11.8 Å². The Hall–Kier alpha value is -0.310. The number of hydrogen-bond acceptors (Lipinski definition) is 3. The second-order valence-corrected chi connectivity index (χ2v) is 4.16. The predicted octanol–water partition coefficient (Wildman–Crippen LogP) is 2.46. The standard InChI is InChI=1S/C10H18O2S/c11-7-3-1-5-9-13-10-6-2-4-8-12/h7-8H,1-6,9-10H2. The summed E-state index contributed by atoms with van der Waals surface area (Å²) < 4.78 is 0. The normalized spacial score (nSPS) is 9.85. The molecule has 0 fully saturated rings. The summed E-state index contributed by atoms with van der Waals surface area (Å²) >= 11 is 1.92. The number of carbonyl (C=O) groups excluding carboxylic acids is 2. The Balaban J connectivity index is 2.83. The second-order valence-electron chi connectivity index (χ2n) is 2.94. The quantitative estimate of drug-likeness (QED) is 0.403. The van der Waals surface area contributed by atoms with Gasteiger partial charge in [0.1, 0.15) is 12.6 Å². The minimum atomic E-state index is 0.700. The summed E-state index contributed by atoms with van der Waals surface area (Å²) in [7, 11) is 0. The van der Waals surface area contributed by atoms with Crippen LogP contribution in [0, 0.1) is 0 Å². The number of hydrogen-bond donors (Lipinski definition) is 0. The van der Waals surface area contributed by atoms with Crippen LogP contribution in [0.15, 0.2) is 0 Å². The smallest absolute Gasteiger partial charge is 0.119 e. The molecule has 0 heterocycles. The van der Waals surface area contributed by atoms with E-state index < -0.39 is 0 Å². The molecule has 0 spiro atoms. The van der Waals surface area contributed by atoms with Gasteiger partial charge in [-0.3, -0.25) is 0 Å². The molecular formula is C10H18O2S. The lowest BCUT2D eigenvalue weighted by Crippen LogP contribution is -1.86. The molecule has 0 saturated heterocycles. The Morgan fingerprint density at radius 1 is 0.769 bits per heavy atom. The molecule has 0 aromatic heterocycles. The van der Waals surface area contributed by atoms with Gasteiger partial charge < -0.3 is 9.59 Å². The lowest BCUT2D eigenvalue weighted by molar-refractivity contribution is -0.108. The van der Waals surface area contributed by atoms with E-state index in [9.17, 15) is 9.59 Å². The van der Waals surface area contributed by atoms with E-state index in [0.29, 0.717) is 12.8 Å². The van der Waals surface area contributed by atoms with E-state index in [4.69, 9.17) is 0 Å². The van der Waals surface area contributed by atoms with Gasteiger partial charge in [0, 0.05) is 12.8 Å². The maximum atomic E-state index is 9.97. The van der Waals surface area contributed by atoms with Crippen LogP contribution < -0.4 is 0 Å². The summed E-state index contributed by atoms with van der Waals surface area (Å²) in [4.78, 5) is 19.9. The van der Waals surface area contributed by atoms with Crippen LogP contribution in [0.1, 0.15) is 38.5 Å². The van der Waals surface area contributed by atoms with Crippen LogP contribution >= 0.6 is 11.8 Å². The molecule has 0 unspecified atom stereocenters. The molecule has 76 valence electrons. The monoisotopic (exact) mass is 202 g/mol. The van der Waals surface area contributed by atoms with Crippen LogP contribution in [0.5, 0.6) is 0 Å². The molecule has 0 bridgehead atoms. The first-order chi connectivity index (χ1) is 6.41. The van der Waals surface area contributed by atoms with Crippen molar-refractivity contribution in [3.63, 3.8) is 0 Å². The SMILES string of the molecule is O=CCCCCSCCCCC=O. The largest absolute Gasteiger partial charge is 0.303 e. The van der Waals surface area contributed by atoms with Crippen molar-refractivity contribution in [1.82, 2.24) is 0 Å². The number of unbranched alkanes of at least 4 members (excludes halogenated alkanes) is 4. The molecule has 0 aromatic rings. The molecule has 0 N–H and O–H groups in total. The Labute approximate surface area is 84.5 Å².